The van der Waals surface area contributed by atoms with Gasteiger partial charge in [0.15, 0.2) is 0 Å². The molecule has 0 amide bonds. The van der Waals surface area contributed by atoms with Crippen LogP contribution in [0.15, 0.2) is 0 Å². The van der Waals surface area contributed by atoms with Crippen molar-refractivity contribution in [1.29, 1.82) is 0 Å². The molecule has 3 fully saturated rings. The number of hydrogen-bond donors (Lipinski definition) is 0. The largest absolute Gasteiger partial charge is 0.301 e. The molecule has 2 nitrogen and oxygen atoms in total. The van der Waals surface area contributed by atoms with E-state index in [0.717, 1.165) is 35.6 Å². The highest BCUT2D eigenvalue weighted by molar-refractivity contribution is 4.91. The molecule has 3 rings (SSSR count). The van der Waals surface area contributed by atoms with E-state index in [4.69, 9.17) is 0 Å². The maximum absolute atomic E-state index is 2.80. The van der Waals surface area contributed by atoms with E-state index in [2.05, 4.69) is 37.5 Å². The van der Waals surface area contributed by atoms with Crippen molar-refractivity contribution >= 4 is 0 Å². The van der Waals surface area contributed by atoms with Gasteiger partial charge in [0.25, 0.3) is 0 Å². The lowest BCUT2D eigenvalue weighted by atomic mass is 9.73. The highest BCUT2D eigenvalue weighted by Crippen LogP contribution is 2.37. The van der Waals surface area contributed by atoms with Crippen molar-refractivity contribution < 1.29 is 0 Å². The third-order valence-electron chi connectivity index (χ3n) is 7.37. The van der Waals surface area contributed by atoms with Crippen LogP contribution in [0.25, 0.3) is 0 Å². The lowest BCUT2D eigenvalue weighted by Gasteiger charge is -2.48. The Kier molecular flexibility index (Phi) is 6.07. The fourth-order valence-corrected chi connectivity index (χ4v) is 5.19. The lowest BCUT2D eigenvalue weighted by Crippen LogP contribution is -2.55. The van der Waals surface area contributed by atoms with Gasteiger partial charge in [-0.25, -0.2) is 0 Å². The molecule has 134 valence electrons. The summed E-state index contributed by atoms with van der Waals surface area (Å²) in [4.78, 5) is 5.57. The fourth-order valence-electron chi connectivity index (χ4n) is 5.19. The maximum atomic E-state index is 2.80. The first-order chi connectivity index (χ1) is 11.0. The molecule has 0 aromatic heterocycles. The third-order valence-corrected chi connectivity index (χ3v) is 7.37. The van der Waals surface area contributed by atoms with Crippen molar-refractivity contribution in [2.75, 3.05) is 32.7 Å². The highest BCUT2D eigenvalue weighted by Gasteiger charge is 2.36. The van der Waals surface area contributed by atoms with Crippen molar-refractivity contribution in [3.8, 4) is 0 Å². The highest BCUT2D eigenvalue weighted by atomic mass is 15.3. The molecular weight excluding hydrogens is 280 g/mol. The summed E-state index contributed by atoms with van der Waals surface area (Å²) in [5.41, 5.74) is 0. The normalized spacial score (nSPS) is 37.3. The van der Waals surface area contributed by atoms with Crippen molar-refractivity contribution in [1.82, 2.24) is 9.80 Å². The molecule has 1 aliphatic heterocycles. The van der Waals surface area contributed by atoms with E-state index in [1.807, 2.05) is 0 Å². The SMILES string of the molecule is CC(C)C1CCC(CN2CCN(C3CC(C(C)C)C3)CC2)CC1. The Balaban J connectivity index is 1.33. The summed E-state index contributed by atoms with van der Waals surface area (Å²) in [6.07, 6.45) is 8.89. The van der Waals surface area contributed by atoms with Gasteiger partial charge < -0.3 is 4.90 Å². The van der Waals surface area contributed by atoms with Crippen molar-refractivity contribution in [2.24, 2.45) is 29.6 Å². The van der Waals surface area contributed by atoms with E-state index in [9.17, 15) is 0 Å². The van der Waals surface area contributed by atoms with Crippen LogP contribution < -0.4 is 0 Å². The van der Waals surface area contributed by atoms with E-state index in [1.54, 1.807) is 0 Å². The molecule has 2 aliphatic carbocycles. The average Bonchev–Trinajstić information content (AvgIpc) is 2.47. The Morgan fingerprint density at radius 2 is 1.30 bits per heavy atom. The molecule has 23 heavy (non-hydrogen) atoms. The Labute approximate surface area is 145 Å². The summed E-state index contributed by atoms with van der Waals surface area (Å²) in [5, 5.41) is 0. The molecule has 0 N–H and O–H groups in total. The Morgan fingerprint density at radius 3 is 1.83 bits per heavy atom. The number of piperazine rings is 1. The monoisotopic (exact) mass is 320 g/mol. The molecule has 0 radical (unpaired) electrons. The van der Waals surface area contributed by atoms with Crippen LogP contribution in [-0.4, -0.2) is 48.6 Å². The van der Waals surface area contributed by atoms with Gasteiger partial charge in [-0.15, -0.1) is 0 Å². The second kappa shape index (κ2) is 7.87. The van der Waals surface area contributed by atoms with Crippen LogP contribution in [0.1, 0.15) is 66.2 Å². The average molecular weight is 321 g/mol. The van der Waals surface area contributed by atoms with Gasteiger partial charge in [-0.2, -0.15) is 0 Å². The topological polar surface area (TPSA) is 6.48 Å². The van der Waals surface area contributed by atoms with Crippen LogP contribution in [0.4, 0.5) is 0 Å². The van der Waals surface area contributed by atoms with Gasteiger partial charge in [0.2, 0.25) is 0 Å². The van der Waals surface area contributed by atoms with E-state index in [0.29, 0.717) is 0 Å². The molecule has 0 unspecified atom stereocenters. The quantitative estimate of drug-likeness (QED) is 0.736. The molecule has 2 heteroatoms. The first kappa shape index (κ1) is 17.7. The Bertz CT molecular complexity index is 343. The molecule has 2 saturated carbocycles. The van der Waals surface area contributed by atoms with Gasteiger partial charge in [0, 0.05) is 38.8 Å². The molecule has 1 heterocycles. The zero-order chi connectivity index (χ0) is 16.4. The zero-order valence-corrected chi connectivity index (χ0v) is 16.1. The summed E-state index contributed by atoms with van der Waals surface area (Å²) in [5.74, 6) is 4.81. The predicted octanol–water partition coefficient (Wildman–Crippen LogP) is 4.50. The predicted molar refractivity (Wildman–Crippen MR) is 99.6 cm³/mol. The second-order valence-corrected chi connectivity index (χ2v) is 9.49. The summed E-state index contributed by atoms with van der Waals surface area (Å²) < 4.78 is 0. The number of hydrogen-bond acceptors (Lipinski definition) is 2. The van der Waals surface area contributed by atoms with Gasteiger partial charge in [-0.3, -0.25) is 4.90 Å². The smallest absolute Gasteiger partial charge is 0.0113 e. The van der Waals surface area contributed by atoms with Crippen LogP contribution in [0.2, 0.25) is 0 Å². The molecule has 3 aliphatic rings. The second-order valence-electron chi connectivity index (χ2n) is 9.49. The fraction of sp³-hybridized carbons (Fsp3) is 1.00. The first-order valence-corrected chi connectivity index (χ1v) is 10.5. The van der Waals surface area contributed by atoms with E-state index in [1.165, 1.54) is 71.2 Å². The number of rotatable bonds is 5. The van der Waals surface area contributed by atoms with E-state index < -0.39 is 0 Å². The van der Waals surface area contributed by atoms with Gasteiger partial charge >= 0.3 is 0 Å². The van der Waals surface area contributed by atoms with Crippen LogP contribution in [0.5, 0.6) is 0 Å². The van der Waals surface area contributed by atoms with E-state index in [-0.39, 0.29) is 0 Å². The van der Waals surface area contributed by atoms with Gasteiger partial charge in [0.1, 0.15) is 0 Å². The third kappa shape index (κ3) is 4.51. The maximum Gasteiger partial charge on any atom is 0.0113 e. The minimum Gasteiger partial charge on any atom is -0.301 e. The van der Waals surface area contributed by atoms with Crippen LogP contribution in [0.3, 0.4) is 0 Å². The summed E-state index contributed by atoms with van der Waals surface area (Å²) in [6.45, 7) is 16.3. The Morgan fingerprint density at radius 1 is 0.739 bits per heavy atom. The minimum atomic E-state index is 0.897. The van der Waals surface area contributed by atoms with Crippen LogP contribution in [-0.2, 0) is 0 Å². The lowest BCUT2D eigenvalue weighted by molar-refractivity contribution is 0.0136. The summed E-state index contributed by atoms with van der Waals surface area (Å²) in [6, 6.07) is 0.922. The summed E-state index contributed by atoms with van der Waals surface area (Å²) >= 11 is 0. The van der Waals surface area contributed by atoms with E-state index >= 15 is 0 Å². The molecule has 0 aromatic carbocycles. The van der Waals surface area contributed by atoms with Gasteiger partial charge in [-0.05, 0) is 68.1 Å². The standard InChI is InChI=1S/C21H40N2/c1-16(2)19-7-5-18(6-8-19)15-22-9-11-23(12-10-22)21-13-20(14-21)17(3)4/h16-21H,5-15H2,1-4H3. The molecule has 1 saturated heterocycles. The molecule has 0 aromatic rings. The zero-order valence-electron chi connectivity index (χ0n) is 16.1. The molecule has 0 bridgehead atoms. The first-order valence-electron chi connectivity index (χ1n) is 10.5. The van der Waals surface area contributed by atoms with Crippen LogP contribution >= 0.6 is 0 Å². The summed E-state index contributed by atoms with van der Waals surface area (Å²) in [7, 11) is 0. The minimum absolute atomic E-state index is 0.897. The Hall–Kier alpha value is -0.0800. The van der Waals surface area contributed by atoms with Crippen molar-refractivity contribution in [3.63, 3.8) is 0 Å². The molecule has 0 spiro atoms. The van der Waals surface area contributed by atoms with Gasteiger partial charge in [0.05, 0.1) is 0 Å². The van der Waals surface area contributed by atoms with Crippen molar-refractivity contribution in [2.45, 2.75) is 72.3 Å². The molecule has 0 atom stereocenters. The van der Waals surface area contributed by atoms with Crippen molar-refractivity contribution in [3.05, 3.63) is 0 Å². The number of nitrogens with zero attached hydrogens (tertiary/aromatic N) is 2. The van der Waals surface area contributed by atoms with Gasteiger partial charge in [-0.1, -0.05) is 27.7 Å². The van der Waals surface area contributed by atoms with Crippen LogP contribution in [0, 0.1) is 29.6 Å². The molecular formula is C21H40N2.